The quantitative estimate of drug-likeness (QED) is 0.188. The van der Waals surface area contributed by atoms with Crippen LogP contribution in [-0.4, -0.2) is 37.6 Å². The van der Waals surface area contributed by atoms with Crippen molar-refractivity contribution in [3.63, 3.8) is 0 Å². The highest BCUT2D eigenvalue weighted by Crippen LogP contribution is 2.33. The Bertz CT molecular complexity index is 1850. The van der Waals surface area contributed by atoms with Gasteiger partial charge in [0.2, 0.25) is 0 Å². The highest BCUT2D eigenvalue weighted by atomic mass is 35.5. The van der Waals surface area contributed by atoms with Crippen LogP contribution in [0.4, 0.5) is 0 Å². The van der Waals surface area contributed by atoms with Crippen LogP contribution in [0.5, 0.6) is 5.75 Å². The van der Waals surface area contributed by atoms with E-state index in [4.69, 9.17) is 27.9 Å². The van der Waals surface area contributed by atoms with E-state index in [1.807, 2.05) is 25.4 Å². The van der Waals surface area contributed by atoms with Gasteiger partial charge in [-0.15, -0.1) is 23.2 Å². The van der Waals surface area contributed by atoms with Gasteiger partial charge in [-0.2, -0.15) is 0 Å². The highest BCUT2D eigenvalue weighted by molar-refractivity contribution is 6.18. The normalized spacial score (nSPS) is 11.5. The van der Waals surface area contributed by atoms with Gasteiger partial charge in [-0.1, -0.05) is 25.1 Å². The number of rotatable bonds is 6. The molecule has 0 fully saturated rings. The Labute approximate surface area is 245 Å². The van der Waals surface area contributed by atoms with Gasteiger partial charge >= 0.3 is 0 Å². The van der Waals surface area contributed by atoms with Gasteiger partial charge in [0, 0.05) is 41.0 Å². The van der Waals surface area contributed by atoms with E-state index in [-0.39, 0.29) is 0 Å². The summed E-state index contributed by atoms with van der Waals surface area (Å²) in [5, 5.41) is 2.55. The highest BCUT2D eigenvalue weighted by Gasteiger charge is 2.18. The average molecular weight is 576 g/mol. The van der Waals surface area contributed by atoms with Crippen LogP contribution in [0.25, 0.3) is 32.8 Å². The Balaban J connectivity index is 0.000000161. The first-order valence-corrected chi connectivity index (χ1v) is 14.8. The number of benzene rings is 2. The summed E-state index contributed by atoms with van der Waals surface area (Å²) in [5.74, 6) is 4.13. The molecule has 6 aromatic rings. The minimum absolute atomic E-state index is 0.613. The van der Waals surface area contributed by atoms with E-state index in [2.05, 4.69) is 76.8 Å². The average Bonchev–Trinajstić information content (AvgIpc) is 3.48. The molecular formula is C33H36Cl2N4O. The third-order valence-corrected chi connectivity index (χ3v) is 8.19. The predicted molar refractivity (Wildman–Crippen MR) is 169 cm³/mol. The van der Waals surface area contributed by atoms with Gasteiger partial charge in [-0.05, 0) is 86.9 Å². The lowest BCUT2D eigenvalue weighted by molar-refractivity contribution is 0.415. The lowest BCUT2D eigenvalue weighted by Crippen LogP contribution is -1.99. The summed E-state index contributed by atoms with van der Waals surface area (Å²) < 4.78 is 9.87. The number of hydrogen-bond acceptors (Lipinski definition) is 3. The maximum absolute atomic E-state index is 6.03. The molecule has 0 saturated heterocycles. The van der Waals surface area contributed by atoms with Crippen LogP contribution >= 0.6 is 23.2 Å². The molecule has 0 unspecified atom stereocenters. The SMILES string of the molecule is CCc1cccc2c(CCCl)c3c(C)cnc(C)n3c12.COc1ccc2c(CCCl)c3c(C)cnc(C)n3c2c1. The lowest BCUT2D eigenvalue weighted by Gasteiger charge is -2.07. The second kappa shape index (κ2) is 11.7. The van der Waals surface area contributed by atoms with Crippen molar-refractivity contribution in [2.45, 2.75) is 53.9 Å². The number of fused-ring (bicyclic) bond motifs is 6. The van der Waals surface area contributed by atoms with Crippen LogP contribution in [-0.2, 0) is 19.3 Å². The van der Waals surface area contributed by atoms with Crippen LogP contribution in [0.3, 0.4) is 0 Å². The number of aryl methyl sites for hydroxylation is 7. The van der Waals surface area contributed by atoms with E-state index in [0.717, 1.165) is 42.2 Å². The number of aromatic nitrogens is 4. The first-order valence-electron chi connectivity index (χ1n) is 13.8. The van der Waals surface area contributed by atoms with Gasteiger partial charge in [0.05, 0.1) is 29.2 Å². The Morgan fingerprint density at radius 1 is 0.750 bits per heavy atom. The topological polar surface area (TPSA) is 43.8 Å². The van der Waals surface area contributed by atoms with Crippen molar-refractivity contribution in [1.29, 1.82) is 0 Å². The maximum atomic E-state index is 6.03. The molecule has 2 aromatic carbocycles. The minimum atomic E-state index is 0.613. The summed E-state index contributed by atoms with van der Waals surface area (Å²) in [4.78, 5) is 9.01. The van der Waals surface area contributed by atoms with Gasteiger partial charge in [-0.3, -0.25) is 8.80 Å². The molecule has 0 amide bonds. The molecule has 5 nitrogen and oxygen atoms in total. The van der Waals surface area contributed by atoms with E-state index in [0.29, 0.717) is 11.8 Å². The fraction of sp³-hybridized carbons (Fsp3) is 0.333. The third-order valence-electron chi connectivity index (χ3n) is 7.81. The molecule has 7 heteroatoms. The van der Waals surface area contributed by atoms with E-state index in [1.54, 1.807) is 7.11 Å². The first kappa shape index (κ1) is 28.3. The van der Waals surface area contributed by atoms with Crippen LogP contribution in [0, 0.1) is 27.7 Å². The van der Waals surface area contributed by atoms with E-state index in [1.165, 1.54) is 55.1 Å². The van der Waals surface area contributed by atoms with Crippen LogP contribution in [0.2, 0.25) is 0 Å². The molecule has 0 N–H and O–H groups in total. The van der Waals surface area contributed by atoms with Gasteiger partial charge < -0.3 is 4.74 Å². The van der Waals surface area contributed by atoms with Gasteiger partial charge in [0.25, 0.3) is 0 Å². The number of hydrogen-bond donors (Lipinski definition) is 0. The molecule has 6 rings (SSSR count). The van der Waals surface area contributed by atoms with Crippen molar-refractivity contribution >= 4 is 56.0 Å². The largest absolute Gasteiger partial charge is 0.497 e. The summed E-state index contributed by atoms with van der Waals surface area (Å²) in [6, 6.07) is 12.7. The van der Waals surface area contributed by atoms with E-state index in [9.17, 15) is 0 Å². The van der Waals surface area contributed by atoms with Crippen molar-refractivity contribution in [1.82, 2.24) is 18.8 Å². The second-order valence-corrected chi connectivity index (χ2v) is 11.0. The zero-order valence-corrected chi connectivity index (χ0v) is 25.6. The smallest absolute Gasteiger partial charge is 0.120 e. The zero-order valence-electron chi connectivity index (χ0n) is 24.1. The Morgan fingerprint density at radius 3 is 1.95 bits per heavy atom. The molecule has 0 aliphatic heterocycles. The number of ether oxygens (including phenoxy) is 1. The fourth-order valence-corrected chi connectivity index (χ4v) is 6.40. The molecule has 40 heavy (non-hydrogen) atoms. The predicted octanol–water partition coefficient (Wildman–Crippen LogP) is 8.34. The molecule has 4 aromatic heterocycles. The minimum Gasteiger partial charge on any atom is -0.497 e. The molecule has 4 heterocycles. The third kappa shape index (κ3) is 4.69. The van der Waals surface area contributed by atoms with Crippen LogP contribution < -0.4 is 4.74 Å². The number of halogens is 2. The summed E-state index contributed by atoms with van der Waals surface area (Å²) in [5.41, 5.74) is 11.4. The molecule has 0 bridgehead atoms. The van der Waals surface area contributed by atoms with Crippen LogP contribution in [0.1, 0.15) is 46.4 Å². The van der Waals surface area contributed by atoms with E-state index < -0.39 is 0 Å². The molecular weight excluding hydrogens is 539 g/mol. The van der Waals surface area contributed by atoms with Gasteiger partial charge in [0.15, 0.2) is 0 Å². The monoisotopic (exact) mass is 574 g/mol. The van der Waals surface area contributed by atoms with Crippen molar-refractivity contribution < 1.29 is 4.74 Å². The standard InChI is InChI=1S/C17H19ClN2.C16H17ClN2O/c1-4-13-6-5-7-14-15(8-9-18)16-11(2)10-19-12(3)20(16)17(13)14;1-10-9-18-11(2)19-15-8-12(20-3)4-5-13(15)14(6-7-17)16(10)19/h5-7,10H,4,8-9H2,1-3H3;4-5,8-9H,6-7H2,1-3H3. The van der Waals surface area contributed by atoms with Crippen molar-refractivity contribution in [3.05, 3.63) is 88.3 Å². The molecule has 0 aliphatic rings. The van der Waals surface area contributed by atoms with Gasteiger partial charge in [-0.25, -0.2) is 9.97 Å². The molecule has 0 atom stereocenters. The lowest BCUT2D eigenvalue weighted by atomic mass is 10.0. The Hall–Kier alpha value is -3.28. The Morgan fingerprint density at radius 2 is 1.35 bits per heavy atom. The molecule has 0 saturated carbocycles. The number of methoxy groups -OCH3 is 1. The van der Waals surface area contributed by atoms with Crippen molar-refractivity contribution in [2.24, 2.45) is 0 Å². The summed E-state index contributed by atoms with van der Waals surface area (Å²) >= 11 is 12.0. The van der Waals surface area contributed by atoms with Gasteiger partial charge in [0.1, 0.15) is 17.4 Å². The summed E-state index contributed by atoms with van der Waals surface area (Å²) in [6.07, 6.45) is 6.67. The molecule has 0 spiro atoms. The summed E-state index contributed by atoms with van der Waals surface area (Å²) in [6.45, 7) is 10.5. The molecule has 208 valence electrons. The molecule has 0 aliphatic carbocycles. The number of para-hydroxylation sites is 1. The second-order valence-electron chi connectivity index (χ2n) is 10.2. The first-order chi connectivity index (χ1) is 19.4. The number of nitrogens with zero attached hydrogens (tertiary/aromatic N) is 4. The van der Waals surface area contributed by atoms with Crippen molar-refractivity contribution in [2.75, 3.05) is 18.9 Å². The van der Waals surface area contributed by atoms with E-state index >= 15 is 0 Å². The zero-order chi connectivity index (χ0) is 28.6. The summed E-state index contributed by atoms with van der Waals surface area (Å²) in [7, 11) is 1.69. The van der Waals surface area contributed by atoms with Crippen molar-refractivity contribution in [3.8, 4) is 5.75 Å². The molecule has 0 radical (unpaired) electrons. The van der Waals surface area contributed by atoms with Crippen LogP contribution in [0.15, 0.2) is 48.8 Å². The fourth-order valence-electron chi connectivity index (χ4n) is 6.02. The number of alkyl halides is 2. The Kier molecular flexibility index (Phi) is 8.25. The maximum Gasteiger partial charge on any atom is 0.120 e.